The van der Waals surface area contributed by atoms with Crippen molar-refractivity contribution in [1.82, 2.24) is 4.90 Å². The van der Waals surface area contributed by atoms with Crippen LogP contribution in [0.2, 0.25) is 0 Å². The summed E-state index contributed by atoms with van der Waals surface area (Å²) < 4.78 is 0. The van der Waals surface area contributed by atoms with Crippen molar-refractivity contribution in [3.63, 3.8) is 0 Å². The van der Waals surface area contributed by atoms with Gasteiger partial charge in [0.1, 0.15) is 12.2 Å². The van der Waals surface area contributed by atoms with E-state index in [1.807, 2.05) is 6.07 Å². The van der Waals surface area contributed by atoms with Crippen LogP contribution < -0.4 is 0 Å². The highest BCUT2D eigenvalue weighted by atomic mass is 16.4. The lowest BCUT2D eigenvalue weighted by Gasteiger charge is -2.31. The molecule has 0 radical (unpaired) electrons. The van der Waals surface area contributed by atoms with Gasteiger partial charge in [0, 0.05) is 13.1 Å². The molecule has 1 aliphatic heterocycles. The smallest absolute Gasteiger partial charge is 0.407 e. The van der Waals surface area contributed by atoms with E-state index in [0.29, 0.717) is 19.4 Å². The first-order chi connectivity index (χ1) is 6.69. The lowest BCUT2D eigenvalue weighted by Crippen LogP contribution is -2.41. The number of hydrogen-bond donors (Lipinski definition) is 1. The number of carboxylic acid groups (broad SMARTS) is 1. The van der Waals surface area contributed by atoms with Crippen molar-refractivity contribution >= 4 is 12.4 Å². The molecule has 1 aliphatic rings. The molecular weight excluding hydrogens is 184 g/mol. The van der Waals surface area contributed by atoms with Crippen LogP contribution in [0.5, 0.6) is 0 Å². The lowest BCUT2D eigenvalue weighted by atomic mass is 9.87. The number of carbonyl (C=O) groups excluding carboxylic acids is 1. The highest BCUT2D eigenvalue weighted by Gasteiger charge is 2.28. The summed E-state index contributed by atoms with van der Waals surface area (Å²) in [4.78, 5) is 22.4. The van der Waals surface area contributed by atoms with Crippen molar-refractivity contribution in [2.24, 2.45) is 11.8 Å². The first-order valence-corrected chi connectivity index (χ1v) is 4.51. The molecule has 0 bridgehead atoms. The molecule has 0 saturated carbocycles. The average molecular weight is 196 g/mol. The maximum Gasteiger partial charge on any atom is 0.407 e. The minimum absolute atomic E-state index is 0.137. The van der Waals surface area contributed by atoms with E-state index in [0.717, 1.165) is 12.8 Å². The van der Waals surface area contributed by atoms with Crippen LogP contribution in [0, 0.1) is 23.2 Å². The Hall–Kier alpha value is -1.57. The largest absolute Gasteiger partial charge is 0.465 e. The van der Waals surface area contributed by atoms with E-state index in [4.69, 9.17) is 10.4 Å². The quantitative estimate of drug-likeness (QED) is 0.659. The highest BCUT2D eigenvalue weighted by molar-refractivity contribution is 5.65. The lowest BCUT2D eigenvalue weighted by molar-refractivity contribution is -0.111. The van der Waals surface area contributed by atoms with Gasteiger partial charge in [0.2, 0.25) is 0 Å². The predicted octanol–water partition coefficient (Wildman–Crippen LogP) is 0.715. The van der Waals surface area contributed by atoms with Gasteiger partial charge < -0.3 is 14.8 Å². The van der Waals surface area contributed by atoms with Crippen molar-refractivity contribution < 1.29 is 14.7 Å². The fourth-order valence-corrected chi connectivity index (χ4v) is 1.72. The summed E-state index contributed by atoms with van der Waals surface area (Å²) in [5, 5.41) is 17.4. The molecule has 1 amide bonds. The molecule has 76 valence electrons. The highest BCUT2D eigenvalue weighted by Crippen LogP contribution is 2.22. The Morgan fingerprint density at radius 2 is 2.43 bits per heavy atom. The van der Waals surface area contributed by atoms with E-state index in [9.17, 15) is 9.59 Å². The van der Waals surface area contributed by atoms with E-state index >= 15 is 0 Å². The van der Waals surface area contributed by atoms with Crippen LogP contribution in [-0.4, -0.2) is 35.5 Å². The summed E-state index contributed by atoms with van der Waals surface area (Å²) >= 11 is 0. The fourth-order valence-electron chi connectivity index (χ4n) is 1.72. The van der Waals surface area contributed by atoms with Crippen LogP contribution in [0.25, 0.3) is 0 Å². The molecule has 5 nitrogen and oxygen atoms in total. The minimum Gasteiger partial charge on any atom is -0.465 e. The van der Waals surface area contributed by atoms with Crippen molar-refractivity contribution in [2.45, 2.75) is 12.8 Å². The molecule has 2 atom stereocenters. The van der Waals surface area contributed by atoms with Gasteiger partial charge in [-0.3, -0.25) is 0 Å². The van der Waals surface area contributed by atoms with Crippen molar-refractivity contribution in [1.29, 1.82) is 5.26 Å². The van der Waals surface area contributed by atoms with E-state index in [2.05, 4.69) is 0 Å². The van der Waals surface area contributed by atoms with Crippen LogP contribution in [0.15, 0.2) is 0 Å². The Balaban J connectivity index is 2.60. The Morgan fingerprint density at radius 1 is 1.71 bits per heavy atom. The number of carbonyl (C=O) groups is 2. The molecular formula is C9H12N2O3. The van der Waals surface area contributed by atoms with Gasteiger partial charge >= 0.3 is 6.09 Å². The SMILES string of the molecule is N#CC(C=O)C1CCCN(C(=O)O)C1. The van der Waals surface area contributed by atoms with E-state index in [1.165, 1.54) is 4.90 Å². The van der Waals surface area contributed by atoms with Gasteiger partial charge in [0.05, 0.1) is 6.07 Å². The van der Waals surface area contributed by atoms with Crippen molar-refractivity contribution in [2.75, 3.05) is 13.1 Å². The zero-order valence-corrected chi connectivity index (χ0v) is 7.72. The minimum atomic E-state index is -0.975. The molecule has 0 aliphatic carbocycles. The molecule has 1 heterocycles. The molecule has 1 fully saturated rings. The summed E-state index contributed by atoms with van der Waals surface area (Å²) in [6.45, 7) is 0.801. The summed E-state index contributed by atoms with van der Waals surface area (Å²) in [5.74, 6) is -0.806. The second-order valence-corrected chi connectivity index (χ2v) is 3.42. The van der Waals surface area contributed by atoms with E-state index in [-0.39, 0.29) is 5.92 Å². The standard InChI is InChI=1S/C9H12N2O3/c10-4-8(6-12)7-2-1-3-11(5-7)9(13)14/h6-8H,1-3,5H2,(H,13,14). The van der Waals surface area contributed by atoms with Gasteiger partial charge in [-0.2, -0.15) is 5.26 Å². The molecule has 1 rings (SSSR count). The zero-order chi connectivity index (χ0) is 10.6. The summed E-state index contributed by atoms with van der Waals surface area (Å²) in [7, 11) is 0. The fraction of sp³-hybridized carbons (Fsp3) is 0.667. The maximum absolute atomic E-state index is 10.7. The molecule has 0 aromatic carbocycles. The van der Waals surface area contributed by atoms with Crippen LogP contribution in [0.4, 0.5) is 4.79 Å². The number of nitriles is 1. The van der Waals surface area contributed by atoms with Gasteiger partial charge in [0.25, 0.3) is 0 Å². The van der Waals surface area contributed by atoms with Gasteiger partial charge in [-0.25, -0.2) is 4.79 Å². The number of likely N-dealkylation sites (tertiary alicyclic amines) is 1. The molecule has 2 unspecified atom stereocenters. The molecule has 1 N–H and O–H groups in total. The van der Waals surface area contributed by atoms with Gasteiger partial charge in [0.15, 0.2) is 0 Å². The van der Waals surface area contributed by atoms with Crippen molar-refractivity contribution in [3.05, 3.63) is 0 Å². The molecule has 0 aromatic heterocycles. The number of amides is 1. The number of nitrogens with zero attached hydrogens (tertiary/aromatic N) is 2. The number of piperidine rings is 1. The van der Waals surface area contributed by atoms with Crippen LogP contribution in [0.3, 0.4) is 0 Å². The third-order valence-corrected chi connectivity index (χ3v) is 2.53. The number of aldehydes is 1. The first kappa shape index (κ1) is 10.5. The monoisotopic (exact) mass is 196 g/mol. The topological polar surface area (TPSA) is 81.4 Å². The van der Waals surface area contributed by atoms with E-state index in [1.54, 1.807) is 0 Å². The van der Waals surface area contributed by atoms with Crippen LogP contribution in [0.1, 0.15) is 12.8 Å². The third kappa shape index (κ3) is 2.22. The van der Waals surface area contributed by atoms with Gasteiger partial charge in [-0.1, -0.05) is 0 Å². The second-order valence-electron chi connectivity index (χ2n) is 3.42. The summed E-state index contributed by atoms with van der Waals surface area (Å²) in [5.41, 5.74) is 0. The second kappa shape index (κ2) is 4.61. The van der Waals surface area contributed by atoms with Gasteiger partial charge in [-0.15, -0.1) is 0 Å². The maximum atomic E-state index is 10.7. The molecule has 14 heavy (non-hydrogen) atoms. The zero-order valence-electron chi connectivity index (χ0n) is 7.72. The average Bonchev–Trinajstić information content (AvgIpc) is 2.20. The Kier molecular flexibility index (Phi) is 3.46. The normalized spacial score (nSPS) is 23.6. The predicted molar refractivity (Wildman–Crippen MR) is 47.5 cm³/mol. The number of hydrogen-bond acceptors (Lipinski definition) is 3. The molecule has 0 spiro atoms. The Morgan fingerprint density at radius 3 is 2.93 bits per heavy atom. The summed E-state index contributed by atoms with van der Waals surface area (Å²) in [6.07, 6.45) is 1.11. The number of rotatable bonds is 2. The first-order valence-electron chi connectivity index (χ1n) is 4.51. The van der Waals surface area contributed by atoms with E-state index < -0.39 is 12.0 Å². The Bertz CT molecular complexity index is 272. The summed E-state index contributed by atoms with van der Waals surface area (Å²) in [6, 6.07) is 1.89. The van der Waals surface area contributed by atoms with Crippen LogP contribution in [-0.2, 0) is 4.79 Å². The van der Waals surface area contributed by atoms with Crippen molar-refractivity contribution in [3.8, 4) is 6.07 Å². The Labute approximate surface area is 81.9 Å². The van der Waals surface area contributed by atoms with Crippen LogP contribution >= 0.6 is 0 Å². The molecule has 5 heteroatoms. The molecule has 0 aromatic rings. The van der Waals surface area contributed by atoms with Gasteiger partial charge in [-0.05, 0) is 18.8 Å². The third-order valence-electron chi connectivity index (χ3n) is 2.53. The molecule has 1 saturated heterocycles.